The fourth-order valence-electron chi connectivity index (χ4n) is 0.896. The molecule has 0 radical (unpaired) electrons. The molecule has 0 bridgehead atoms. The van der Waals surface area contributed by atoms with Gasteiger partial charge in [-0.1, -0.05) is 13.8 Å². The molecule has 0 rings (SSSR count). The third kappa shape index (κ3) is 7.93. The number of rotatable bonds is 7. The highest BCUT2D eigenvalue weighted by Crippen LogP contribution is 1.95. The molecular formula is C10H20N2O3. The minimum atomic E-state index is -0.954. The molecule has 3 N–H and O–H groups in total. The highest BCUT2D eigenvalue weighted by molar-refractivity contribution is 5.79. The van der Waals surface area contributed by atoms with Crippen LogP contribution in [0.25, 0.3) is 0 Å². The van der Waals surface area contributed by atoms with Gasteiger partial charge in [0.05, 0.1) is 6.54 Å². The van der Waals surface area contributed by atoms with E-state index in [1.807, 2.05) is 0 Å². The lowest BCUT2D eigenvalue weighted by Gasteiger charge is -2.10. The van der Waals surface area contributed by atoms with Crippen LogP contribution in [0.15, 0.2) is 0 Å². The smallest absolute Gasteiger partial charge is 0.320 e. The molecule has 0 fully saturated rings. The first-order valence-electron chi connectivity index (χ1n) is 5.16. The maximum Gasteiger partial charge on any atom is 0.320 e. The molecule has 0 aliphatic heterocycles. The van der Waals surface area contributed by atoms with E-state index in [1.54, 1.807) is 0 Å². The summed E-state index contributed by atoms with van der Waals surface area (Å²) in [5.74, 6) is -0.565. The van der Waals surface area contributed by atoms with Crippen LogP contribution in [0.1, 0.15) is 27.2 Å². The number of hydrogen-bond acceptors (Lipinski definition) is 3. The topological polar surface area (TPSA) is 78.4 Å². The summed E-state index contributed by atoms with van der Waals surface area (Å²) >= 11 is 0. The van der Waals surface area contributed by atoms with Gasteiger partial charge in [0.25, 0.3) is 0 Å². The number of carbonyl (C=O) groups excluding carboxylic acids is 1. The predicted octanol–water partition coefficient (Wildman–Crippen LogP) is 0.211. The minimum absolute atomic E-state index is 0.0472. The second-order valence-electron chi connectivity index (χ2n) is 3.97. The van der Waals surface area contributed by atoms with E-state index in [2.05, 4.69) is 24.5 Å². The maximum atomic E-state index is 11.2. The first-order chi connectivity index (χ1) is 6.93. The Labute approximate surface area is 90.2 Å². The van der Waals surface area contributed by atoms with Crippen molar-refractivity contribution < 1.29 is 14.7 Å². The van der Waals surface area contributed by atoms with Crippen molar-refractivity contribution in [3.05, 3.63) is 0 Å². The number of amides is 1. The molecule has 0 aromatic heterocycles. The number of carboxylic acid groups (broad SMARTS) is 1. The molecule has 0 aliphatic carbocycles. The molecule has 1 amide bonds. The van der Waals surface area contributed by atoms with Crippen LogP contribution in [0.2, 0.25) is 0 Å². The lowest BCUT2D eigenvalue weighted by atomic mass is 10.1. The van der Waals surface area contributed by atoms with Crippen molar-refractivity contribution in [3.63, 3.8) is 0 Å². The van der Waals surface area contributed by atoms with E-state index < -0.39 is 12.0 Å². The third-order valence-electron chi connectivity index (χ3n) is 1.98. The highest BCUT2D eigenvalue weighted by Gasteiger charge is 2.11. The lowest BCUT2D eigenvalue weighted by Crippen LogP contribution is -2.41. The Bertz CT molecular complexity index is 217. The van der Waals surface area contributed by atoms with E-state index in [1.165, 1.54) is 6.92 Å². The van der Waals surface area contributed by atoms with Gasteiger partial charge >= 0.3 is 5.97 Å². The second-order valence-corrected chi connectivity index (χ2v) is 3.97. The standard InChI is InChI=1S/C10H20N2O3/c1-7(2)4-5-11-9(13)6-12-8(3)10(14)15/h7-8,12H,4-6H2,1-3H3,(H,11,13)(H,14,15)/t8-/m1/s1. The van der Waals surface area contributed by atoms with Crippen LogP contribution < -0.4 is 10.6 Å². The Morgan fingerprint density at radius 2 is 1.87 bits per heavy atom. The molecule has 0 heterocycles. The molecule has 0 aromatic carbocycles. The van der Waals surface area contributed by atoms with Gasteiger partial charge in [-0.3, -0.25) is 14.9 Å². The fraction of sp³-hybridized carbons (Fsp3) is 0.800. The SMILES string of the molecule is CC(C)CCNC(=O)CN[C@H](C)C(=O)O. The van der Waals surface area contributed by atoms with Gasteiger partial charge in [0.1, 0.15) is 6.04 Å². The van der Waals surface area contributed by atoms with E-state index in [0.29, 0.717) is 12.5 Å². The Hall–Kier alpha value is -1.10. The van der Waals surface area contributed by atoms with Crippen molar-refractivity contribution >= 4 is 11.9 Å². The van der Waals surface area contributed by atoms with Crippen LogP contribution in [-0.4, -0.2) is 36.1 Å². The van der Waals surface area contributed by atoms with Gasteiger partial charge in [-0.15, -0.1) is 0 Å². The van der Waals surface area contributed by atoms with Gasteiger partial charge in [-0.2, -0.15) is 0 Å². The maximum absolute atomic E-state index is 11.2. The normalized spacial score (nSPS) is 12.5. The number of aliphatic carboxylic acids is 1. The summed E-state index contributed by atoms with van der Waals surface area (Å²) in [5.41, 5.74) is 0. The summed E-state index contributed by atoms with van der Waals surface area (Å²) in [6.45, 7) is 6.35. The summed E-state index contributed by atoms with van der Waals surface area (Å²) < 4.78 is 0. The third-order valence-corrected chi connectivity index (χ3v) is 1.98. The van der Waals surface area contributed by atoms with Crippen LogP contribution in [0.4, 0.5) is 0 Å². The predicted molar refractivity (Wildman–Crippen MR) is 57.6 cm³/mol. The van der Waals surface area contributed by atoms with Gasteiger partial charge in [-0.25, -0.2) is 0 Å². The molecule has 1 atom stereocenters. The van der Waals surface area contributed by atoms with Crippen LogP contribution in [0.5, 0.6) is 0 Å². The molecule has 0 aliphatic rings. The molecule has 0 aromatic rings. The Morgan fingerprint density at radius 1 is 1.27 bits per heavy atom. The summed E-state index contributed by atoms with van der Waals surface area (Å²) in [7, 11) is 0. The molecule has 88 valence electrons. The molecule has 0 unspecified atom stereocenters. The van der Waals surface area contributed by atoms with Gasteiger partial charge in [-0.05, 0) is 19.3 Å². The van der Waals surface area contributed by atoms with Crippen LogP contribution in [0.3, 0.4) is 0 Å². The number of hydrogen-bond donors (Lipinski definition) is 3. The molecule has 0 saturated carbocycles. The molecule has 5 heteroatoms. The van der Waals surface area contributed by atoms with Crippen LogP contribution in [-0.2, 0) is 9.59 Å². The largest absolute Gasteiger partial charge is 0.480 e. The van der Waals surface area contributed by atoms with E-state index in [9.17, 15) is 9.59 Å². The van der Waals surface area contributed by atoms with Gasteiger partial charge < -0.3 is 10.4 Å². The fourth-order valence-corrected chi connectivity index (χ4v) is 0.896. The quantitative estimate of drug-likeness (QED) is 0.568. The van der Waals surface area contributed by atoms with E-state index in [0.717, 1.165) is 6.42 Å². The number of carboxylic acids is 1. The van der Waals surface area contributed by atoms with Crippen molar-refractivity contribution in [1.29, 1.82) is 0 Å². The Kier molecular flexibility index (Phi) is 6.70. The molecule has 5 nitrogen and oxygen atoms in total. The molecule has 0 spiro atoms. The van der Waals surface area contributed by atoms with Crippen LogP contribution in [0, 0.1) is 5.92 Å². The van der Waals surface area contributed by atoms with Gasteiger partial charge in [0, 0.05) is 6.54 Å². The number of carbonyl (C=O) groups is 2. The van der Waals surface area contributed by atoms with E-state index >= 15 is 0 Å². The van der Waals surface area contributed by atoms with E-state index in [4.69, 9.17) is 5.11 Å². The molecule has 0 saturated heterocycles. The number of nitrogens with one attached hydrogen (secondary N) is 2. The highest BCUT2D eigenvalue weighted by atomic mass is 16.4. The summed E-state index contributed by atoms with van der Waals surface area (Å²) in [6.07, 6.45) is 0.931. The second kappa shape index (κ2) is 7.23. The average Bonchev–Trinajstić information content (AvgIpc) is 2.13. The zero-order chi connectivity index (χ0) is 11.8. The first-order valence-corrected chi connectivity index (χ1v) is 5.16. The average molecular weight is 216 g/mol. The summed E-state index contributed by atoms with van der Waals surface area (Å²) in [6, 6.07) is -0.694. The van der Waals surface area contributed by atoms with E-state index in [-0.39, 0.29) is 12.5 Å². The molecular weight excluding hydrogens is 196 g/mol. The van der Waals surface area contributed by atoms with Crippen molar-refractivity contribution in [2.45, 2.75) is 33.2 Å². The summed E-state index contributed by atoms with van der Waals surface area (Å²) in [4.78, 5) is 21.6. The first kappa shape index (κ1) is 13.9. The van der Waals surface area contributed by atoms with Crippen molar-refractivity contribution in [2.75, 3.05) is 13.1 Å². The molecule has 15 heavy (non-hydrogen) atoms. The minimum Gasteiger partial charge on any atom is -0.480 e. The zero-order valence-electron chi connectivity index (χ0n) is 9.54. The Balaban J connectivity index is 3.53. The summed E-state index contributed by atoms with van der Waals surface area (Å²) in [5, 5.41) is 13.9. The van der Waals surface area contributed by atoms with Gasteiger partial charge in [0.15, 0.2) is 0 Å². The van der Waals surface area contributed by atoms with Crippen molar-refractivity contribution in [3.8, 4) is 0 Å². The zero-order valence-corrected chi connectivity index (χ0v) is 9.54. The van der Waals surface area contributed by atoms with Gasteiger partial charge in [0.2, 0.25) is 5.91 Å². The van der Waals surface area contributed by atoms with Crippen LogP contribution >= 0.6 is 0 Å². The Morgan fingerprint density at radius 3 is 2.33 bits per heavy atom. The lowest BCUT2D eigenvalue weighted by molar-refractivity contribution is -0.139. The van der Waals surface area contributed by atoms with Crippen molar-refractivity contribution in [2.24, 2.45) is 5.92 Å². The van der Waals surface area contributed by atoms with Crippen molar-refractivity contribution in [1.82, 2.24) is 10.6 Å². The monoisotopic (exact) mass is 216 g/mol.